The van der Waals surface area contributed by atoms with Crippen LogP contribution >= 0.6 is 0 Å². The molecule has 1 aliphatic rings. The molecule has 4 nitrogen and oxygen atoms in total. The number of nitrogens with two attached hydrogens (primary N) is 1. The Morgan fingerprint density at radius 2 is 2.16 bits per heavy atom. The predicted octanol–water partition coefficient (Wildman–Crippen LogP) is 1.63. The van der Waals surface area contributed by atoms with Gasteiger partial charge >= 0.3 is 0 Å². The normalized spacial score (nSPS) is 20.4. The maximum atomic E-state index is 5.75. The predicted molar refractivity (Wildman–Crippen MR) is 76.3 cm³/mol. The van der Waals surface area contributed by atoms with E-state index in [-0.39, 0.29) is 0 Å². The summed E-state index contributed by atoms with van der Waals surface area (Å²) in [6.07, 6.45) is 1.47. The fourth-order valence-electron chi connectivity index (χ4n) is 2.24. The van der Waals surface area contributed by atoms with Gasteiger partial charge in [0.2, 0.25) is 0 Å². The van der Waals surface area contributed by atoms with Crippen molar-refractivity contribution < 1.29 is 9.47 Å². The molecule has 1 unspecified atom stereocenters. The minimum Gasteiger partial charge on any atom is -0.492 e. The fraction of sp³-hybridized carbons (Fsp3) is 0.600. The molecule has 2 N–H and O–H groups in total. The first-order valence-corrected chi connectivity index (χ1v) is 7.07. The van der Waals surface area contributed by atoms with Gasteiger partial charge in [0, 0.05) is 26.2 Å². The molecule has 19 heavy (non-hydrogen) atoms. The van der Waals surface area contributed by atoms with Crippen molar-refractivity contribution in [1.82, 2.24) is 4.90 Å². The summed E-state index contributed by atoms with van der Waals surface area (Å²) in [6.45, 7) is 7.29. The smallest absolute Gasteiger partial charge is 0.119 e. The Morgan fingerprint density at radius 1 is 1.37 bits per heavy atom. The van der Waals surface area contributed by atoms with Gasteiger partial charge in [0.1, 0.15) is 12.4 Å². The van der Waals surface area contributed by atoms with Crippen molar-refractivity contribution >= 4 is 0 Å². The first-order valence-electron chi connectivity index (χ1n) is 7.07. The third kappa shape index (κ3) is 4.49. The quantitative estimate of drug-likeness (QED) is 0.848. The standard InChI is InChI=1S/C15H24N2O2/c1-2-14-12-17(7-9-18-14)8-10-19-15-5-3-13(11-16)4-6-15/h3-6,14H,2,7-12,16H2,1H3. The number of rotatable bonds is 6. The van der Waals surface area contributed by atoms with Crippen molar-refractivity contribution in [2.24, 2.45) is 5.73 Å². The summed E-state index contributed by atoms with van der Waals surface area (Å²) >= 11 is 0. The molecule has 0 saturated carbocycles. The van der Waals surface area contributed by atoms with Gasteiger partial charge in [-0.2, -0.15) is 0 Å². The van der Waals surface area contributed by atoms with Crippen LogP contribution in [0.1, 0.15) is 18.9 Å². The maximum Gasteiger partial charge on any atom is 0.119 e. The molecule has 1 aromatic rings. The summed E-state index contributed by atoms with van der Waals surface area (Å²) in [5, 5.41) is 0. The summed E-state index contributed by atoms with van der Waals surface area (Å²) in [7, 11) is 0. The van der Waals surface area contributed by atoms with Gasteiger partial charge in [-0.25, -0.2) is 0 Å². The molecule has 4 heteroatoms. The Balaban J connectivity index is 1.70. The average molecular weight is 264 g/mol. The SMILES string of the molecule is CCC1CN(CCOc2ccc(CN)cc2)CCO1. The third-order valence-electron chi connectivity index (χ3n) is 3.51. The molecule has 0 amide bonds. The van der Waals surface area contributed by atoms with Crippen LogP contribution in [0.3, 0.4) is 0 Å². The molecule has 1 saturated heterocycles. The number of nitrogens with zero attached hydrogens (tertiary/aromatic N) is 1. The number of hydrogen-bond acceptors (Lipinski definition) is 4. The van der Waals surface area contributed by atoms with Crippen LogP contribution in [0.4, 0.5) is 0 Å². The van der Waals surface area contributed by atoms with E-state index in [2.05, 4.69) is 11.8 Å². The minimum atomic E-state index is 0.387. The highest BCUT2D eigenvalue weighted by atomic mass is 16.5. The van der Waals surface area contributed by atoms with Crippen LogP contribution in [0.25, 0.3) is 0 Å². The first-order chi connectivity index (χ1) is 9.31. The van der Waals surface area contributed by atoms with Gasteiger partial charge in [-0.1, -0.05) is 19.1 Å². The van der Waals surface area contributed by atoms with Gasteiger partial charge in [0.05, 0.1) is 12.7 Å². The zero-order chi connectivity index (χ0) is 13.5. The first kappa shape index (κ1) is 14.3. The van der Waals surface area contributed by atoms with E-state index in [0.717, 1.165) is 50.6 Å². The molecule has 1 heterocycles. The van der Waals surface area contributed by atoms with Crippen LogP contribution in [-0.4, -0.2) is 43.9 Å². The molecular weight excluding hydrogens is 240 g/mol. The van der Waals surface area contributed by atoms with Gasteiger partial charge in [0.25, 0.3) is 0 Å². The molecule has 0 aliphatic carbocycles. The van der Waals surface area contributed by atoms with Crippen LogP contribution < -0.4 is 10.5 Å². The Morgan fingerprint density at radius 3 is 2.84 bits per heavy atom. The lowest BCUT2D eigenvalue weighted by Crippen LogP contribution is -2.43. The second-order valence-electron chi connectivity index (χ2n) is 4.90. The summed E-state index contributed by atoms with van der Waals surface area (Å²) in [5.74, 6) is 0.914. The monoisotopic (exact) mass is 264 g/mol. The van der Waals surface area contributed by atoms with Crippen molar-refractivity contribution in [3.63, 3.8) is 0 Å². The van der Waals surface area contributed by atoms with E-state index in [9.17, 15) is 0 Å². The highest BCUT2D eigenvalue weighted by molar-refractivity contribution is 5.27. The van der Waals surface area contributed by atoms with E-state index in [4.69, 9.17) is 15.2 Å². The van der Waals surface area contributed by atoms with Gasteiger partial charge in [-0.3, -0.25) is 4.90 Å². The van der Waals surface area contributed by atoms with E-state index >= 15 is 0 Å². The second-order valence-corrected chi connectivity index (χ2v) is 4.90. The van der Waals surface area contributed by atoms with Crippen molar-refractivity contribution in [2.45, 2.75) is 26.0 Å². The molecule has 1 aromatic carbocycles. The second kappa shape index (κ2) is 7.48. The molecule has 2 rings (SSSR count). The van der Waals surface area contributed by atoms with Gasteiger partial charge in [-0.05, 0) is 24.1 Å². The molecule has 0 radical (unpaired) electrons. The van der Waals surface area contributed by atoms with Crippen molar-refractivity contribution in [3.05, 3.63) is 29.8 Å². The number of hydrogen-bond donors (Lipinski definition) is 1. The van der Waals surface area contributed by atoms with Crippen LogP contribution in [-0.2, 0) is 11.3 Å². The zero-order valence-electron chi connectivity index (χ0n) is 11.7. The summed E-state index contributed by atoms with van der Waals surface area (Å²) < 4.78 is 11.4. The van der Waals surface area contributed by atoms with E-state index in [1.54, 1.807) is 0 Å². The Bertz CT molecular complexity index is 367. The van der Waals surface area contributed by atoms with Crippen LogP contribution in [0.2, 0.25) is 0 Å². The molecule has 0 bridgehead atoms. The van der Waals surface area contributed by atoms with E-state index in [1.807, 2.05) is 24.3 Å². The molecule has 1 aliphatic heterocycles. The number of ether oxygens (including phenoxy) is 2. The van der Waals surface area contributed by atoms with Crippen molar-refractivity contribution in [2.75, 3.05) is 32.8 Å². The topological polar surface area (TPSA) is 47.7 Å². The molecule has 0 aromatic heterocycles. The van der Waals surface area contributed by atoms with E-state index < -0.39 is 0 Å². The average Bonchev–Trinajstić information content (AvgIpc) is 2.48. The third-order valence-corrected chi connectivity index (χ3v) is 3.51. The van der Waals surface area contributed by atoms with Crippen LogP contribution in [0.5, 0.6) is 5.75 Å². The Hall–Kier alpha value is -1.10. The lowest BCUT2D eigenvalue weighted by atomic mass is 10.2. The highest BCUT2D eigenvalue weighted by Gasteiger charge is 2.18. The molecule has 1 fully saturated rings. The maximum absolute atomic E-state index is 5.75. The fourth-order valence-corrected chi connectivity index (χ4v) is 2.24. The Labute approximate surface area is 115 Å². The van der Waals surface area contributed by atoms with Gasteiger partial charge < -0.3 is 15.2 Å². The van der Waals surface area contributed by atoms with E-state index in [1.165, 1.54) is 0 Å². The molecule has 0 spiro atoms. The van der Waals surface area contributed by atoms with Crippen LogP contribution in [0.15, 0.2) is 24.3 Å². The lowest BCUT2D eigenvalue weighted by Gasteiger charge is -2.32. The Kier molecular flexibility index (Phi) is 5.63. The lowest BCUT2D eigenvalue weighted by molar-refractivity contribution is -0.0324. The summed E-state index contributed by atoms with van der Waals surface area (Å²) in [5.41, 5.74) is 6.70. The molecule has 1 atom stereocenters. The van der Waals surface area contributed by atoms with Crippen molar-refractivity contribution in [3.8, 4) is 5.75 Å². The molecular formula is C15H24N2O2. The largest absolute Gasteiger partial charge is 0.492 e. The number of benzene rings is 1. The summed E-state index contributed by atoms with van der Waals surface area (Å²) in [6, 6.07) is 7.99. The minimum absolute atomic E-state index is 0.387. The summed E-state index contributed by atoms with van der Waals surface area (Å²) in [4.78, 5) is 2.41. The highest BCUT2D eigenvalue weighted by Crippen LogP contribution is 2.12. The van der Waals surface area contributed by atoms with Crippen LogP contribution in [0, 0.1) is 0 Å². The number of morpholine rings is 1. The van der Waals surface area contributed by atoms with E-state index in [0.29, 0.717) is 12.6 Å². The van der Waals surface area contributed by atoms with Crippen molar-refractivity contribution in [1.29, 1.82) is 0 Å². The molecule has 106 valence electrons. The van der Waals surface area contributed by atoms with Gasteiger partial charge in [-0.15, -0.1) is 0 Å². The zero-order valence-corrected chi connectivity index (χ0v) is 11.7. The van der Waals surface area contributed by atoms with Gasteiger partial charge in [0.15, 0.2) is 0 Å².